The summed E-state index contributed by atoms with van der Waals surface area (Å²) in [5.74, 6) is -0.528. The van der Waals surface area contributed by atoms with Crippen LogP contribution in [0.2, 0.25) is 0 Å². The van der Waals surface area contributed by atoms with E-state index in [9.17, 15) is 14.7 Å². The number of methoxy groups -OCH3 is 1. The molecule has 3 heterocycles. The highest BCUT2D eigenvalue weighted by atomic mass is 16.5. The summed E-state index contributed by atoms with van der Waals surface area (Å²) >= 11 is 0. The van der Waals surface area contributed by atoms with Gasteiger partial charge in [-0.25, -0.2) is 4.79 Å². The van der Waals surface area contributed by atoms with Crippen LogP contribution in [0.4, 0.5) is 0 Å². The van der Waals surface area contributed by atoms with Gasteiger partial charge < -0.3 is 14.9 Å². The second-order valence-corrected chi connectivity index (χ2v) is 8.43. The van der Waals surface area contributed by atoms with Crippen LogP contribution < -0.4 is 15.2 Å². The van der Waals surface area contributed by atoms with Gasteiger partial charge in [0.2, 0.25) is 0 Å². The monoisotopic (exact) mass is 420 g/mol. The maximum absolute atomic E-state index is 12.5. The van der Waals surface area contributed by atoms with E-state index in [1.165, 1.54) is 12.3 Å². The predicted octanol–water partition coefficient (Wildman–Crippen LogP) is 3.28. The molecule has 1 aliphatic carbocycles. The Balaban J connectivity index is 1.70. The molecule has 2 aliphatic rings. The third-order valence-corrected chi connectivity index (χ3v) is 5.98. The van der Waals surface area contributed by atoms with Crippen molar-refractivity contribution in [2.24, 2.45) is 0 Å². The summed E-state index contributed by atoms with van der Waals surface area (Å²) in [6.07, 6.45) is 7.40. The summed E-state index contributed by atoms with van der Waals surface area (Å²) in [6.45, 7) is 4.78. The van der Waals surface area contributed by atoms with Gasteiger partial charge in [-0.05, 0) is 44.4 Å². The molecule has 1 N–H and O–H groups in total. The van der Waals surface area contributed by atoms with Gasteiger partial charge in [0, 0.05) is 47.2 Å². The minimum Gasteiger partial charge on any atom is -0.496 e. The molecule has 0 radical (unpaired) electrons. The van der Waals surface area contributed by atoms with Gasteiger partial charge in [0.1, 0.15) is 11.3 Å². The number of ether oxygens (including phenoxy) is 1. The molecule has 0 atom stereocenters. The molecule has 1 saturated carbocycles. The highest BCUT2D eigenvalue weighted by Gasteiger charge is 2.35. The fraction of sp³-hybridized carbons (Fsp3) is 0.348. The van der Waals surface area contributed by atoms with E-state index in [1.54, 1.807) is 7.11 Å². The smallest absolute Gasteiger partial charge is 0.341 e. The molecule has 1 aromatic carbocycles. The van der Waals surface area contributed by atoms with Crippen molar-refractivity contribution in [2.75, 3.05) is 12.1 Å². The fourth-order valence-corrected chi connectivity index (χ4v) is 4.17. The number of hydrogen-bond acceptors (Lipinski definition) is 5. The first-order valence-corrected chi connectivity index (χ1v) is 10.4. The van der Waals surface area contributed by atoms with Crippen molar-refractivity contribution in [3.8, 4) is 28.1 Å². The summed E-state index contributed by atoms with van der Waals surface area (Å²) in [7, 11) is 1.62. The quantitative estimate of drug-likeness (QED) is 0.681. The fourth-order valence-electron chi connectivity index (χ4n) is 4.17. The van der Waals surface area contributed by atoms with E-state index in [0.717, 1.165) is 35.1 Å². The number of nitrogens with zero attached hydrogens (tertiary/aromatic N) is 4. The molecule has 0 saturated heterocycles. The van der Waals surface area contributed by atoms with Crippen molar-refractivity contribution in [2.45, 2.75) is 45.3 Å². The largest absolute Gasteiger partial charge is 0.496 e. The lowest BCUT2D eigenvalue weighted by Crippen LogP contribution is -2.41. The number of carboxylic acids is 1. The lowest BCUT2D eigenvalue weighted by molar-refractivity contribution is 0.0694. The number of pyridine rings is 1. The Bertz CT molecular complexity index is 1250. The molecule has 2 aromatic heterocycles. The number of rotatable bonds is 5. The summed E-state index contributed by atoms with van der Waals surface area (Å²) in [5.41, 5.74) is 3.83. The van der Waals surface area contributed by atoms with Gasteiger partial charge in [-0.1, -0.05) is 0 Å². The van der Waals surface area contributed by atoms with Crippen molar-refractivity contribution in [1.29, 1.82) is 0 Å². The molecular weight excluding hydrogens is 396 g/mol. The molecule has 1 fully saturated rings. The van der Waals surface area contributed by atoms with E-state index in [0.29, 0.717) is 24.0 Å². The maximum Gasteiger partial charge on any atom is 0.341 e. The van der Waals surface area contributed by atoms with Crippen LogP contribution in [0.25, 0.3) is 22.4 Å². The van der Waals surface area contributed by atoms with Gasteiger partial charge in [-0.2, -0.15) is 5.10 Å². The van der Waals surface area contributed by atoms with Crippen molar-refractivity contribution in [3.63, 3.8) is 0 Å². The van der Waals surface area contributed by atoms with Crippen molar-refractivity contribution in [3.05, 3.63) is 58.1 Å². The van der Waals surface area contributed by atoms with Gasteiger partial charge in [0.05, 0.1) is 25.5 Å². The zero-order valence-electron chi connectivity index (χ0n) is 17.7. The lowest BCUT2D eigenvalue weighted by Gasteiger charge is -2.36. The minimum atomic E-state index is -1.21. The van der Waals surface area contributed by atoms with E-state index in [4.69, 9.17) is 4.74 Å². The molecule has 160 valence electrons. The minimum absolute atomic E-state index is 0.220. The number of fused-ring (bicyclic) bond motifs is 3. The zero-order valence-corrected chi connectivity index (χ0v) is 17.7. The van der Waals surface area contributed by atoms with Gasteiger partial charge in [-0.3, -0.25) is 14.2 Å². The van der Waals surface area contributed by atoms with Gasteiger partial charge in [-0.15, -0.1) is 0 Å². The summed E-state index contributed by atoms with van der Waals surface area (Å²) in [4.78, 5) is 24.0. The Morgan fingerprint density at radius 1 is 1.19 bits per heavy atom. The third-order valence-electron chi connectivity index (χ3n) is 5.98. The standard InChI is InChI=1S/C23H24N4O4/c1-13(2)25-10-15(9-24-25)18-6-14-11-26(16-4-5-16)27-12-19(23(29)30)21(28)8-20(27)17(14)7-22(18)31-3/h6-10,12-13,16H,4-5,11H2,1-3H3,(H,29,30). The van der Waals surface area contributed by atoms with E-state index in [1.807, 2.05) is 27.8 Å². The van der Waals surface area contributed by atoms with Crippen LogP contribution in [0.3, 0.4) is 0 Å². The number of benzene rings is 1. The van der Waals surface area contributed by atoms with Gasteiger partial charge in [0.15, 0.2) is 5.43 Å². The Labute approximate surface area is 179 Å². The first kappa shape index (κ1) is 19.4. The van der Waals surface area contributed by atoms with Crippen molar-refractivity contribution in [1.82, 2.24) is 14.5 Å². The van der Waals surface area contributed by atoms with Crippen LogP contribution in [0.1, 0.15) is 48.7 Å². The Morgan fingerprint density at radius 3 is 2.58 bits per heavy atom. The maximum atomic E-state index is 12.5. The van der Waals surface area contributed by atoms with E-state index in [-0.39, 0.29) is 11.6 Å². The second-order valence-electron chi connectivity index (χ2n) is 8.43. The normalized spacial score (nSPS) is 15.0. The Hall–Kier alpha value is -3.55. The van der Waals surface area contributed by atoms with Crippen LogP contribution in [-0.2, 0) is 6.54 Å². The molecule has 0 amide bonds. The number of carbonyl (C=O) groups is 1. The molecule has 0 spiro atoms. The van der Waals surface area contributed by atoms with E-state index in [2.05, 4.69) is 30.0 Å². The molecular formula is C23H24N4O4. The summed E-state index contributed by atoms with van der Waals surface area (Å²) < 4.78 is 9.44. The van der Waals surface area contributed by atoms with E-state index >= 15 is 0 Å². The van der Waals surface area contributed by atoms with E-state index < -0.39 is 11.4 Å². The zero-order chi connectivity index (χ0) is 21.9. The summed E-state index contributed by atoms with van der Waals surface area (Å²) in [6, 6.07) is 6.06. The molecule has 1 aliphatic heterocycles. The molecule has 5 rings (SSSR count). The second kappa shape index (κ2) is 7.01. The van der Waals surface area contributed by atoms with Crippen LogP contribution in [0.5, 0.6) is 5.75 Å². The molecule has 31 heavy (non-hydrogen) atoms. The number of aromatic nitrogens is 3. The van der Waals surface area contributed by atoms with Crippen LogP contribution in [0, 0.1) is 0 Å². The molecule has 0 bridgehead atoms. The Kier molecular flexibility index (Phi) is 4.39. The Morgan fingerprint density at radius 2 is 1.97 bits per heavy atom. The van der Waals surface area contributed by atoms with Crippen LogP contribution in [0.15, 0.2) is 41.6 Å². The van der Waals surface area contributed by atoms with Crippen LogP contribution in [-0.4, -0.2) is 38.7 Å². The van der Waals surface area contributed by atoms with Gasteiger partial charge in [0.25, 0.3) is 0 Å². The highest BCUT2D eigenvalue weighted by Crippen LogP contribution is 2.41. The van der Waals surface area contributed by atoms with Gasteiger partial charge >= 0.3 is 5.97 Å². The highest BCUT2D eigenvalue weighted by molar-refractivity contribution is 5.88. The van der Waals surface area contributed by atoms with Crippen LogP contribution >= 0.6 is 0 Å². The first-order valence-electron chi connectivity index (χ1n) is 10.4. The third kappa shape index (κ3) is 3.19. The SMILES string of the molecule is COc1cc2c(cc1-c1cnn(C(C)C)c1)CN(C1CC1)n1cc(C(=O)O)c(=O)cc1-2. The predicted molar refractivity (Wildman–Crippen MR) is 116 cm³/mol. The molecule has 8 nitrogen and oxygen atoms in total. The molecule has 3 aromatic rings. The number of carboxylic acid groups (broad SMARTS) is 1. The summed E-state index contributed by atoms with van der Waals surface area (Å²) in [5, 5.41) is 16.0. The topological polar surface area (TPSA) is 89.6 Å². The number of aromatic carboxylic acids is 1. The lowest BCUT2D eigenvalue weighted by atomic mass is 9.95. The van der Waals surface area contributed by atoms with Crippen molar-refractivity contribution >= 4 is 5.97 Å². The average Bonchev–Trinajstić information content (AvgIpc) is 3.46. The average molecular weight is 420 g/mol. The number of hydrogen-bond donors (Lipinski definition) is 1. The van der Waals surface area contributed by atoms with Crippen molar-refractivity contribution < 1.29 is 14.6 Å². The first-order chi connectivity index (χ1) is 14.9. The molecule has 8 heteroatoms. The molecule has 0 unspecified atom stereocenters.